The van der Waals surface area contributed by atoms with Gasteiger partial charge in [-0.2, -0.15) is 5.10 Å². The summed E-state index contributed by atoms with van der Waals surface area (Å²) < 4.78 is 36.0. The predicted molar refractivity (Wildman–Crippen MR) is 80.6 cm³/mol. The van der Waals surface area contributed by atoms with Gasteiger partial charge in [-0.1, -0.05) is 6.07 Å². The average Bonchev–Trinajstić information content (AvgIpc) is 2.56. The van der Waals surface area contributed by atoms with Crippen LogP contribution in [0.4, 0.5) is 8.78 Å². The van der Waals surface area contributed by atoms with E-state index in [1.165, 1.54) is 12.3 Å². The SMILES string of the molecule is COc1ccc(OCC(=O)N/N=C\c2ccc(F)c(F)c2)cc1. The Kier molecular flexibility index (Phi) is 5.62. The monoisotopic (exact) mass is 320 g/mol. The number of halogens is 2. The van der Waals surface area contributed by atoms with E-state index in [2.05, 4.69) is 10.5 Å². The normalized spacial score (nSPS) is 10.6. The molecule has 0 saturated heterocycles. The van der Waals surface area contributed by atoms with E-state index in [4.69, 9.17) is 9.47 Å². The molecule has 23 heavy (non-hydrogen) atoms. The molecule has 0 fully saturated rings. The van der Waals surface area contributed by atoms with Crippen LogP contribution in [-0.2, 0) is 4.79 Å². The summed E-state index contributed by atoms with van der Waals surface area (Å²) in [5, 5.41) is 3.64. The first-order chi connectivity index (χ1) is 11.1. The number of carbonyl (C=O) groups excluding carboxylic acids is 1. The van der Waals surface area contributed by atoms with Crippen molar-refractivity contribution in [2.24, 2.45) is 5.10 Å². The van der Waals surface area contributed by atoms with Crippen LogP contribution >= 0.6 is 0 Å². The number of hydrogen-bond donors (Lipinski definition) is 1. The third-order valence-corrected chi connectivity index (χ3v) is 2.78. The van der Waals surface area contributed by atoms with Crippen molar-refractivity contribution in [3.63, 3.8) is 0 Å². The summed E-state index contributed by atoms with van der Waals surface area (Å²) in [4.78, 5) is 11.5. The molecule has 2 rings (SSSR count). The van der Waals surface area contributed by atoms with Crippen molar-refractivity contribution in [2.45, 2.75) is 0 Å². The van der Waals surface area contributed by atoms with E-state index in [1.807, 2.05) is 0 Å². The molecule has 0 unspecified atom stereocenters. The van der Waals surface area contributed by atoms with Gasteiger partial charge in [-0.3, -0.25) is 4.79 Å². The Bertz CT molecular complexity index is 703. The lowest BCUT2D eigenvalue weighted by Gasteiger charge is -2.05. The van der Waals surface area contributed by atoms with Gasteiger partial charge in [-0.05, 0) is 42.0 Å². The molecule has 1 amide bonds. The van der Waals surface area contributed by atoms with Gasteiger partial charge in [0.15, 0.2) is 18.2 Å². The van der Waals surface area contributed by atoms with E-state index in [0.717, 1.165) is 12.1 Å². The molecule has 0 aliphatic rings. The van der Waals surface area contributed by atoms with Crippen LogP contribution in [0.1, 0.15) is 5.56 Å². The Hall–Kier alpha value is -2.96. The third kappa shape index (κ3) is 5.06. The molecular formula is C16H14F2N2O3. The first-order valence-electron chi connectivity index (χ1n) is 6.62. The van der Waals surface area contributed by atoms with Crippen molar-refractivity contribution in [1.29, 1.82) is 0 Å². The summed E-state index contributed by atoms with van der Waals surface area (Å²) in [5.41, 5.74) is 2.54. The second kappa shape index (κ2) is 7.88. The summed E-state index contributed by atoms with van der Waals surface area (Å²) in [7, 11) is 1.55. The number of hydrazone groups is 1. The van der Waals surface area contributed by atoms with Crippen molar-refractivity contribution in [3.8, 4) is 11.5 Å². The van der Waals surface area contributed by atoms with Gasteiger partial charge in [-0.15, -0.1) is 0 Å². The van der Waals surface area contributed by atoms with E-state index in [9.17, 15) is 13.6 Å². The van der Waals surface area contributed by atoms with Crippen LogP contribution < -0.4 is 14.9 Å². The van der Waals surface area contributed by atoms with E-state index < -0.39 is 17.5 Å². The van der Waals surface area contributed by atoms with Crippen LogP contribution in [0.5, 0.6) is 11.5 Å². The summed E-state index contributed by atoms with van der Waals surface area (Å²) in [6.45, 7) is -0.235. The fraction of sp³-hybridized carbons (Fsp3) is 0.125. The molecule has 2 aromatic rings. The van der Waals surface area contributed by atoms with Crippen LogP contribution in [0.2, 0.25) is 0 Å². The maximum absolute atomic E-state index is 13.0. The number of hydrogen-bond acceptors (Lipinski definition) is 4. The van der Waals surface area contributed by atoms with Gasteiger partial charge in [0.2, 0.25) is 0 Å². The number of amides is 1. The predicted octanol–water partition coefficient (Wildman–Crippen LogP) is 2.50. The van der Waals surface area contributed by atoms with Gasteiger partial charge >= 0.3 is 0 Å². The minimum Gasteiger partial charge on any atom is -0.497 e. The first kappa shape index (κ1) is 16.4. The molecule has 7 heteroatoms. The largest absolute Gasteiger partial charge is 0.497 e. The fourth-order valence-corrected chi connectivity index (χ4v) is 1.62. The van der Waals surface area contributed by atoms with E-state index in [1.54, 1.807) is 31.4 Å². The van der Waals surface area contributed by atoms with Gasteiger partial charge in [0.05, 0.1) is 13.3 Å². The highest BCUT2D eigenvalue weighted by Crippen LogP contribution is 2.16. The van der Waals surface area contributed by atoms with Gasteiger partial charge in [0.25, 0.3) is 5.91 Å². The minimum absolute atomic E-state index is 0.235. The number of benzene rings is 2. The molecule has 0 aliphatic carbocycles. The van der Waals surface area contributed by atoms with Gasteiger partial charge in [0.1, 0.15) is 11.5 Å². The number of carbonyl (C=O) groups is 1. The molecule has 2 aromatic carbocycles. The molecule has 0 heterocycles. The Morgan fingerprint density at radius 1 is 1.13 bits per heavy atom. The topological polar surface area (TPSA) is 59.9 Å². The Morgan fingerprint density at radius 2 is 1.83 bits per heavy atom. The van der Waals surface area contributed by atoms with Crippen molar-refractivity contribution in [3.05, 3.63) is 59.7 Å². The number of rotatable bonds is 6. The minimum atomic E-state index is -0.983. The van der Waals surface area contributed by atoms with E-state index >= 15 is 0 Å². The standard InChI is InChI=1S/C16H14F2N2O3/c1-22-12-3-5-13(6-4-12)23-10-16(21)20-19-9-11-2-7-14(17)15(18)8-11/h2-9H,10H2,1H3,(H,20,21)/b19-9-. The Morgan fingerprint density at radius 3 is 2.48 bits per heavy atom. The maximum Gasteiger partial charge on any atom is 0.277 e. The van der Waals surface area contributed by atoms with Crippen molar-refractivity contribution >= 4 is 12.1 Å². The highest BCUT2D eigenvalue weighted by atomic mass is 19.2. The molecule has 0 radical (unpaired) electrons. The molecule has 120 valence electrons. The number of nitrogens with one attached hydrogen (secondary N) is 1. The van der Waals surface area contributed by atoms with Gasteiger partial charge in [0, 0.05) is 0 Å². The van der Waals surface area contributed by atoms with E-state index in [-0.39, 0.29) is 6.61 Å². The zero-order valence-electron chi connectivity index (χ0n) is 12.3. The van der Waals surface area contributed by atoms with Crippen molar-refractivity contribution in [1.82, 2.24) is 5.43 Å². The summed E-state index contributed by atoms with van der Waals surface area (Å²) in [6, 6.07) is 10.0. The first-order valence-corrected chi connectivity index (χ1v) is 6.62. The zero-order valence-corrected chi connectivity index (χ0v) is 12.3. The number of nitrogens with zero attached hydrogens (tertiary/aromatic N) is 1. The highest BCUT2D eigenvalue weighted by Gasteiger charge is 2.03. The smallest absolute Gasteiger partial charge is 0.277 e. The van der Waals surface area contributed by atoms with Crippen LogP contribution in [0, 0.1) is 11.6 Å². The average molecular weight is 320 g/mol. The molecule has 0 saturated carbocycles. The van der Waals surface area contributed by atoms with Gasteiger partial charge < -0.3 is 9.47 Å². The van der Waals surface area contributed by atoms with E-state index in [0.29, 0.717) is 17.1 Å². The van der Waals surface area contributed by atoms with Gasteiger partial charge in [-0.25, -0.2) is 14.2 Å². The summed E-state index contributed by atoms with van der Waals surface area (Å²) in [6.07, 6.45) is 1.20. The second-order valence-corrected chi connectivity index (χ2v) is 4.43. The Labute approximate surface area is 131 Å². The summed E-state index contributed by atoms with van der Waals surface area (Å²) >= 11 is 0. The molecule has 0 bridgehead atoms. The molecule has 1 N–H and O–H groups in total. The molecule has 0 aromatic heterocycles. The van der Waals surface area contributed by atoms with Crippen LogP contribution in [0.25, 0.3) is 0 Å². The molecule has 0 spiro atoms. The lowest BCUT2D eigenvalue weighted by atomic mass is 10.2. The number of methoxy groups -OCH3 is 1. The van der Waals surface area contributed by atoms with Crippen molar-refractivity contribution < 1.29 is 23.0 Å². The second-order valence-electron chi connectivity index (χ2n) is 4.43. The maximum atomic E-state index is 13.0. The molecule has 0 atom stereocenters. The number of ether oxygens (including phenoxy) is 2. The lowest BCUT2D eigenvalue weighted by Crippen LogP contribution is -2.24. The van der Waals surface area contributed by atoms with Crippen LogP contribution in [0.3, 0.4) is 0 Å². The highest BCUT2D eigenvalue weighted by molar-refractivity contribution is 5.82. The molecular weight excluding hydrogens is 306 g/mol. The summed E-state index contributed by atoms with van der Waals surface area (Å²) in [5.74, 6) is -1.23. The van der Waals surface area contributed by atoms with Crippen LogP contribution in [-0.4, -0.2) is 25.8 Å². The lowest BCUT2D eigenvalue weighted by molar-refractivity contribution is -0.123. The Balaban J connectivity index is 1.79. The molecule has 5 nitrogen and oxygen atoms in total. The quantitative estimate of drug-likeness (QED) is 0.657. The van der Waals surface area contributed by atoms with Crippen LogP contribution in [0.15, 0.2) is 47.6 Å². The van der Waals surface area contributed by atoms with Crippen molar-refractivity contribution in [2.75, 3.05) is 13.7 Å². The fourth-order valence-electron chi connectivity index (χ4n) is 1.62. The zero-order chi connectivity index (χ0) is 16.7. The molecule has 0 aliphatic heterocycles. The third-order valence-electron chi connectivity index (χ3n) is 2.78.